The number of halogens is 3. The van der Waals surface area contributed by atoms with Crippen LogP contribution in [0, 0.1) is 11.6 Å². The van der Waals surface area contributed by atoms with E-state index in [-0.39, 0.29) is 28.6 Å². The molecule has 7 heteroatoms. The standard InChI is InChI=1S/C16H15ClF2N2O2/c1-4-10-14(16(22)23-5-2)20-21(15(10)17)9(3)11-7-6-8-12(18)13(11)19/h4,6-9H,1,5H2,2-3H3. The van der Waals surface area contributed by atoms with Gasteiger partial charge in [-0.3, -0.25) is 0 Å². The van der Waals surface area contributed by atoms with Crippen molar-refractivity contribution in [2.24, 2.45) is 0 Å². The van der Waals surface area contributed by atoms with Crippen LogP contribution in [-0.4, -0.2) is 22.4 Å². The predicted octanol–water partition coefficient (Wildman–Crippen LogP) is 4.24. The summed E-state index contributed by atoms with van der Waals surface area (Å²) >= 11 is 6.22. The highest BCUT2D eigenvalue weighted by molar-refractivity contribution is 6.31. The van der Waals surface area contributed by atoms with Gasteiger partial charge in [-0.05, 0) is 19.9 Å². The fourth-order valence-electron chi connectivity index (χ4n) is 2.19. The fourth-order valence-corrected chi connectivity index (χ4v) is 2.54. The summed E-state index contributed by atoms with van der Waals surface area (Å²) < 4.78 is 33.5. The number of benzene rings is 1. The van der Waals surface area contributed by atoms with Crippen molar-refractivity contribution in [2.75, 3.05) is 6.61 Å². The second kappa shape index (κ2) is 6.91. The van der Waals surface area contributed by atoms with Gasteiger partial charge in [-0.1, -0.05) is 36.4 Å². The Morgan fingerprint density at radius 1 is 1.52 bits per heavy atom. The molecule has 0 saturated carbocycles. The third-order valence-corrected chi connectivity index (χ3v) is 3.73. The van der Waals surface area contributed by atoms with Crippen LogP contribution >= 0.6 is 11.6 Å². The van der Waals surface area contributed by atoms with Crippen molar-refractivity contribution < 1.29 is 18.3 Å². The van der Waals surface area contributed by atoms with Crippen LogP contribution in [0.25, 0.3) is 6.08 Å². The maximum atomic E-state index is 14.0. The second-order valence-electron chi connectivity index (χ2n) is 4.74. The van der Waals surface area contributed by atoms with E-state index in [1.54, 1.807) is 13.8 Å². The topological polar surface area (TPSA) is 44.1 Å². The molecular weight excluding hydrogens is 326 g/mol. The molecule has 0 amide bonds. The van der Waals surface area contributed by atoms with Gasteiger partial charge in [-0.25, -0.2) is 18.3 Å². The molecule has 0 N–H and O–H groups in total. The third kappa shape index (κ3) is 3.12. The predicted molar refractivity (Wildman–Crippen MR) is 83.5 cm³/mol. The van der Waals surface area contributed by atoms with Crippen LogP contribution < -0.4 is 0 Å². The maximum absolute atomic E-state index is 14.0. The van der Waals surface area contributed by atoms with Crippen LogP contribution in [0.2, 0.25) is 5.15 Å². The number of carbonyl (C=O) groups excluding carboxylic acids is 1. The summed E-state index contributed by atoms with van der Waals surface area (Å²) in [5.41, 5.74) is 0.338. The highest BCUT2D eigenvalue weighted by Crippen LogP contribution is 2.30. The maximum Gasteiger partial charge on any atom is 0.359 e. The molecule has 122 valence electrons. The van der Waals surface area contributed by atoms with Crippen LogP contribution in [0.5, 0.6) is 0 Å². The number of esters is 1. The van der Waals surface area contributed by atoms with E-state index in [1.807, 2.05) is 0 Å². The van der Waals surface area contributed by atoms with Gasteiger partial charge < -0.3 is 4.74 Å². The van der Waals surface area contributed by atoms with E-state index in [0.717, 1.165) is 6.07 Å². The Balaban J connectivity index is 2.53. The number of rotatable bonds is 5. The Kier molecular flexibility index (Phi) is 5.15. The fraction of sp³-hybridized carbons (Fsp3) is 0.250. The summed E-state index contributed by atoms with van der Waals surface area (Å²) in [6, 6.07) is 3.12. The van der Waals surface area contributed by atoms with E-state index in [9.17, 15) is 13.6 Å². The molecule has 1 atom stereocenters. The summed E-state index contributed by atoms with van der Waals surface area (Å²) in [5, 5.41) is 4.19. The van der Waals surface area contributed by atoms with Gasteiger partial charge >= 0.3 is 5.97 Å². The van der Waals surface area contributed by atoms with Gasteiger partial charge in [0.2, 0.25) is 0 Å². The first-order valence-electron chi connectivity index (χ1n) is 6.93. The van der Waals surface area contributed by atoms with E-state index in [1.165, 1.54) is 22.9 Å². The SMILES string of the molecule is C=Cc1c(C(=O)OCC)nn(C(C)c2cccc(F)c2F)c1Cl. The molecule has 0 fully saturated rings. The molecule has 2 rings (SSSR count). The lowest BCUT2D eigenvalue weighted by Gasteiger charge is -2.15. The lowest BCUT2D eigenvalue weighted by Crippen LogP contribution is -2.13. The van der Waals surface area contributed by atoms with Crippen LogP contribution in [0.15, 0.2) is 24.8 Å². The van der Waals surface area contributed by atoms with Gasteiger partial charge in [-0.2, -0.15) is 5.10 Å². The normalized spacial score (nSPS) is 12.0. The molecular formula is C16H15ClF2N2O2. The molecule has 23 heavy (non-hydrogen) atoms. The minimum absolute atomic E-state index is 0.0180. The average molecular weight is 341 g/mol. The Labute approximate surface area is 137 Å². The molecule has 0 spiro atoms. The van der Waals surface area contributed by atoms with Crippen molar-refractivity contribution in [2.45, 2.75) is 19.9 Å². The summed E-state index contributed by atoms with van der Waals surface area (Å²) in [6.07, 6.45) is 1.37. The molecule has 0 aliphatic carbocycles. The smallest absolute Gasteiger partial charge is 0.359 e. The summed E-state index contributed by atoms with van der Waals surface area (Å²) in [6.45, 7) is 7.02. The second-order valence-corrected chi connectivity index (χ2v) is 5.10. The van der Waals surface area contributed by atoms with Crippen molar-refractivity contribution in [3.8, 4) is 0 Å². The molecule has 0 bridgehead atoms. The summed E-state index contributed by atoms with van der Waals surface area (Å²) in [4.78, 5) is 11.9. The molecule has 1 aromatic heterocycles. The Morgan fingerprint density at radius 3 is 2.83 bits per heavy atom. The van der Waals surface area contributed by atoms with Crippen molar-refractivity contribution in [3.63, 3.8) is 0 Å². The summed E-state index contributed by atoms with van der Waals surface area (Å²) in [7, 11) is 0. The first-order valence-corrected chi connectivity index (χ1v) is 7.31. The Bertz CT molecular complexity index is 759. The molecule has 1 unspecified atom stereocenters. The van der Waals surface area contributed by atoms with Gasteiger partial charge in [0.1, 0.15) is 5.15 Å². The molecule has 2 aromatic rings. The van der Waals surface area contributed by atoms with Gasteiger partial charge in [0.15, 0.2) is 17.3 Å². The monoisotopic (exact) mass is 340 g/mol. The minimum Gasteiger partial charge on any atom is -0.461 e. The van der Waals surface area contributed by atoms with Gasteiger partial charge in [-0.15, -0.1) is 0 Å². The number of hydrogen-bond acceptors (Lipinski definition) is 3. The average Bonchev–Trinajstić information content (AvgIpc) is 2.86. The largest absolute Gasteiger partial charge is 0.461 e. The number of ether oxygens (including phenoxy) is 1. The van der Waals surface area contributed by atoms with Crippen molar-refractivity contribution >= 4 is 23.6 Å². The molecule has 0 radical (unpaired) electrons. The lowest BCUT2D eigenvalue weighted by molar-refractivity contribution is 0.0518. The third-order valence-electron chi connectivity index (χ3n) is 3.36. The number of aromatic nitrogens is 2. The summed E-state index contributed by atoms with van der Waals surface area (Å²) in [5.74, 6) is -2.61. The van der Waals surface area contributed by atoms with E-state index in [0.29, 0.717) is 0 Å². The van der Waals surface area contributed by atoms with Gasteiger partial charge in [0, 0.05) is 11.1 Å². The lowest BCUT2D eigenvalue weighted by atomic mass is 10.1. The zero-order chi connectivity index (χ0) is 17.1. The quantitative estimate of drug-likeness (QED) is 0.764. The molecule has 0 saturated heterocycles. The van der Waals surface area contributed by atoms with E-state index in [4.69, 9.17) is 16.3 Å². The number of nitrogens with zero attached hydrogens (tertiary/aromatic N) is 2. The van der Waals surface area contributed by atoms with E-state index >= 15 is 0 Å². The highest BCUT2D eigenvalue weighted by Gasteiger charge is 2.25. The van der Waals surface area contributed by atoms with Crippen molar-refractivity contribution in [1.82, 2.24) is 9.78 Å². The zero-order valence-electron chi connectivity index (χ0n) is 12.6. The molecule has 0 aliphatic rings. The first kappa shape index (κ1) is 17.1. The van der Waals surface area contributed by atoms with Crippen LogP contribution in [0.3, 0.4) is 0 Å². The van der Waals surface area contributed by atoms with Crippen LogP contribution in [-0.2, 0) is 4.74 Å². The zero-order valence-corrected chi connectivity index (χ0v) is 13.4. The van der Waals surface area contributed by atoms with Gasteiger partial charge in [0.25, 0.3) is 0 Å². The molecule has 4 nitrogen and oxygen atoms in total. The van der Waals surface area contributed by atoms with E-state index in [2.05, 4.69) is 11.7 Å². The minimum atomic E-state index is -0.982. The van der Waals surface area contributed by atoms with Crippen LogP contribution in [0.4, 0.5) is 8.78 Å². The Hall–Kier alpha value is -2.21. The highest BCUT2D eigenvalue weighted by atomic mass is 35.5. The Morgan fingerprint density at radius 2 is 2.22 bits per heavy atom. The van der Waals surface area contributed by atoms with Crippen LogP contribution in [0.1, 0.15) is 41.5 Å². The first-order chi connectivity index (χ1) is 10.9. The van der Waals surface area contributed by atoms with E-state index < -0.39 is 23.6 Å². The van der Waals surface area contributed by atoms with Crippen molar-refractivity contribution in [3.05, 3.63) is 58.4 Å². The van der Waals surface area contributed by atoms with Crippen molar-refractivity contribution in [1.29, 1.82) is 0 Å². The molecule has 1 heterocycles. The number of hydrogen-bond donors (Lipinski definition) is 0. The van der Waals surface area contributed by atoms with Gasteiger partial charge in [0.05, 0.1) is 12.6 Å². The number of carbonyl (C=O) groups is 1. The molecule has 0 aliphatic heterocycles. The molecule has 1 aromatic carbocycles.